The molecule has 0 aliphatic carbocycles. The molecule has 0 bridgehead atoms. The van der Waals surface area contributed by atoms with Crippen LogP contribution < -0.4 is 0 Å². The summed E-state index contributed by atoms with van der Waals surface area (Å²) in [5.41, 5.74) is 0. The van der Waals surface area contributed by atoms with Gasteiger partial charge in [0.1, 0.15) is 0 Å². The van der Waals surface area contributed by atoms with Crippen molar-refractivity contribution in [2.45, 2.75) is 51.4 Å². The van der Waals surface area contributed by atoms with Crippen LogP contribution in [0.3, 0.4) is 0 Å². The minimum atomic E-state index is -1.64. The number of nitrogens with zero attached hydrogens (tertiary/aromatic N) is 1. The molecular formula is C11H23NO2Si. The van der Waals surface area contributed by atoms with Gasteiger partial charge in [-0.15, -0.1) is 0 Å². The zero-order valence-corrected chi connectivity index (χ0v) is 11.5. The fraction of sp³-hybridized carbons (Fsp3) is 0.909. The van der Waals surface area contributed by atoms with Gasteiger partial charge >= 0.3 is 0 Å². The molecule has 1 aliphatic rings. The van der Waals surface area contributed by atoms with Crippen LogP contribution in [0, 0.1) is 0 Å². The second-order valence-corrected chi connectivity index (χ2v) is 10.7. The lowest BCUT2D eigenvalue weighted by molar-refractivity contribution is -0.126. The van der Waals surface area contributed by atoms with E-state index in [1.165, 1.54) is 0 Å². The van der Waals surface area contributed by atoms with Crippen molar-refractivity contribution in [3.8, 4) is 0 Å². The minimum Gasteiger partial charge on any atom is -0.415 e. The van der Waals surface area contributed by atoms with E-state index in [-0.39, 0.29) is 5.04 Å². The summed E-state index contributed by atoms with van der Waals surface area (Å²) < 4.78 is 6.07. The van der Waals surface area contributed by atoms with Gasteiger partial charge in [-0.25, -0.2) is 0 Å². The molecule has 1 heterocycles. The summed E-state index contributed by atoms with van der Waals surface area (Å²) in [4.78, 5) is 12.4. The third-order valence-electron chi connectivity index (χ3n) is 3.77. The van der Waals surface area contributed by atoms with Crippen molar-refractivity contribution in [3.63, 3.8) is 0 Å². The molecule has 1 rings (SSSR count). The van der Waals surface area contributed by atoms with E-state index in [2.05, 4.69) is 33.9 Å². The summed E-state index contributed by atoms with van der Waals surface area (Å²) in [7, 11) is -1.64. The number of carbonyl (C=O) groups excluding carboxylic acids is 1. The van der Waals surface area contributed by atoms with Crippen molar-refractivity contribution in [2.24, 2.45) is 0 Å². The molecule has 4 heteroatoms. The predicted molar refractivity (Wildman–Crippen MR) is 64.3 cm³/mol. The van der Waals surface area contributed by atoms with Crippen molar-refractivity contribution in [2.75, 3.05) is 13.2 Å². The molecule has 1 atom stereocenters. The standard InChI is InChI=1S/C11H23NO2Si/c1-11(2,3)15(4,5)14-8-10-6-7-12(10)9-13/h9-10H,6-8H2,1-5H3. The van der Waals surface area contributed by atoms with Crippen LogP contribution in [0.1, 0.15) is 27.2 Å². The Balaban J connectivity index is 2.40. The van der Waals surface area contributed by atoms with Gasteiger partial charge < -0.3 is 9.33 Å². The molecule has 0 N–H and O–H groups in total. The molecule has 15 heavy (non-hydrogen) atoms. The van der Waals surface area contributed by atoms with E-state index in [0.29, 0.717) is 6.04 Å². The summed E-state index contributed by atoms with van der Waals surface area (Å²) in [6.07, 6.45) is 2.02. The van der Waals surface area contributed by atoms with Crippen LogP contribution in [0.15, 0.2) is 0 Å². The van der Waals surface area contributed by atoms with Crippen molar-refractivity contribution < 1.29 is 9.22 Å². The normalized spacial score (nSPS) is 22.5. The van der Waals surface area contributed by atoms with Crippen LogP contribution in [0.25, 0.3) is 0 Å². The van der Waals surface area contributed by atoms with Gasteiger partial charge in [0.15, 0.2) is 8.32 Å². The molecule has 1 aliphatic heterocycles. The molecule has 1 unspecified atom stereocenters. The lowest BCUT2D eigenvalue weighted by Crippen LogP contribution is -2.52. The second-order valence-electron chi connectivity index (χ2n) is 5.86. The highest BCUT2D eigenvalue weighted by Gasteiger charge is 2.38. The quantitative estimate of drug-likeness (QED) is 0.546. The smallest absolute Gasteiger partial charge is 0.210 e. The maximum absolute atomic E-state index is 10.6. The zero-order chi connectivity index (χ0) is 11.7. The van der Waals surface area contributed by atoms with Crippen LogP contribution in [0.5, 0.6) is 0 Å². The summed E-state index contributed by atoms with van der Waals surface area (Å²) in [5.74, 6) is 0. The lowest BCUT2D eigenvalue weighted by atomic mass is 10.1. The van der Waals surface area contributed by atoms with Crippen molar-refractivity contribution in [1.29, 1.82) is 0 Å². The number of carbonyl (C=O) groups is 1. The fourth-order valence-corrected chi connectivity index (χ4v) is 2.34. The summed E-state index contributed by atoms with van der Waals surface area (Å²) in [6, 6.07) is 0.330. The number of hydrogen-bond donors (Lipinski definition) is 0. The molecule has 0 aromatic carbocycles. The monoisotopic (exact) mass is 229 g/mol. The first-order valence-electron chi connectivity index (χ1n) is 5.63. The molecule has 0 saturated carbocycles. The Morgan fingerprint density at radius 2 is 2.07 bits per heavy atom. The first-order valence-corrected chi connectivity index (χ1v) is 8.54. The number of rotatable bonds is 4. The van der Waals surface area contributed by atoms with Gasteiger partial charge in [0, 0.05) is 6.54 Å². The number of likely N-dealkylation sites (tertiary alicyclic amines) is 1. The largest absolute Gasteiger partial charge is 0.415 e. The minimum absolute atomic E-state index is 0.253. The SMILES string of the molecule is CC(C)(C)[Si](C)(C)OCC1CCN1C=O. The molecule has 0 spiro atoms. The van der Waals surface area contributed by atoms with E-state index < -0.39 is 8.32 Å². The van der Waals surface area contributed by atoms with Gasteiger partial charge in [-0.3, -0.25) is 4.79 Å². The van der Waals surface area contributed by atoms with Gasteiger partial charge in [0.2, 0.25) is 6.41 Å². The topological polar surface area (TPSA) is 29.5 Å². The number of hydrogen-bond acceptors (Lipinski definition) is 2. The van der Waals surface area contributed by atoms with Crippen molar-refractivity contribution >= 4 is 14.7 Å². The van der Waals surface area contributed by atoms with Crippen molar-refractivity contribution in [3.05, 3.63) is 0 Å². The third-order valence-corrected chi connectivity index (χ3v) is 8.27. The highest BCUT2D eigenvalue weighted by Crippen LogP contribution is 2.37. The fourth-order valence-electron chi connectivity index (χ4n) is 1.30. The first-order chi connectivity index (χ1) is 6.78. The van der Waals surface area contributed by atoms with Crippen molar-refractivity contribution in [1.82, 2.24) is 4.90 Å². The van der Waals surface area contributed by atoms with Gasteiger partial charge in [0.25, 0.3) is 0 Å². The molecule has 0 aromatic rings. The maximum Gasteiger partial charge on any atom is 0.210 e. The molecular weight excluding hydrogens is 206 g/mol. The molecule has 3 nitrogen and oxygen atoms in total. The Bertz CT molecular complexity index is 235. The van der Waals surface area contributed by atoms with Crippen LogP contribution in [0.2, 0.25) is 18.1 Å². The van der Waals surface area contributed by atoms with E-state index in [4.69, 9.17) is 4.43 Å². The maximum atomic E-state index is 10.6. The van der Waals surface area contributed by atoms with E-state index in [1.807, 2.05) is 4.90 Å². The van der Waals surface area contributed by atoms with Crippen LogP contribution >= 0.6 is 0 Å². The van der Waals surface area contributed by atoms with Gasteiger partial charge in [-0.1, -0.05) is 20.8 Å². The molecule has 0 aromatic heterocycles. The van der Waals surface area contributed by atoms with E-state index in [0.717, 1.165) is 26.0 Å². The van der Waals surface area contributed by atoms with Gasteiger partial charge in [-0.05, 0) is 24.6 Å². The van der Waals surface area contributed by atoms with Crippen LogP contribution in [-0.4, -0.2) is 38.8 Å². The third kappa shape index (κ3) is 2.81. The number of amides is 1. The second kappa shape index (κ2) is 4.26. The highest BCUT2D eigenvalue weighted by molar-refractivity contribution is 6.74. The molecule has 1 fully saturated rings. The Kier molecular flexibility index (Phi) is 3.61. The Hall–Kier alpha value is -0.353. The first kappa shape index (κ1) is 12.7. The summed E-state index contributed by atoms with van der Waals surface area (Å²) >= 11 is 0. The Morgan fingerprint density at radius 1 is 1.47 bits per heavy atom. The van der Waals surface area contributed by atoms with E-state index >= 15 is 0 Å². The van der Waals surface area contributed by atoms with Gasteiger partial charge in [-0.2, -0.15) is 0 Å². The molecule has 0 radical (unpaired) electrons. The molecule has 1 saturated heterocycles. The molecule has 88 valence electrons. The predicted octanol–water partition coefficient (Wildman–Crippen LogP) is 2.24. The summed E-state index contributed by atoms with van der Waals surface area (Å²) in [5, 5.41) is 0.253. The van der Waals surface area contributed by atoms with Crippen LogP contribution in [-0.2, 0) is 9.22 Å². The molecule has 1 amide bonds. The summed E-state index contributed by atoms with van der Waals surface area (Å²) in [6.45, 7) is 12.8. The Labute approximate surface area is 93.9 Å². The Morgan fingerprint density at radius 3 is 2.40 bits per heavy atom. The highest BCUT2D eigenvalue weighted by atomic mass is 28.4. The lowest BCUT2D eigenvalue weighted by Gasteiger charge is -2.42. The van der Waals surface area contributed by atoms with E-state index in [1.54, 1.807) is 0 Å². The zero-order valence-electron chi connectivity index (χ0n) is 10.5. The van der Waals surface area contributed by atoms with Crippen LogP contribution in [0.4, 0.5) is 0 Å². The average molecular weight is 229 g/mol. The van der Waals surface area contributed by atoms with Gasteiger partial charge in [0.05, 0.1) is 12.6 Å². The average Bonchev–Trinajstić information content (AvgIpc) is 2.00. The van der Waals surface area contributed by atoms with E-state index in [9.17, 15) is 4.79 Å².